The summed E-state index contributed by atoms with van der Waals surface area (Å²) in [5, 5.41) is 15.2. The van der Waals surface area contributed by atoms with Crippen LogP contribution in [0.15, 0.2) is 66.7 Å². The summed E-state index contributed by atoms with van der Waals surface area (Å²) in [5.41, 5.74) is 1.06. The van der Waals surface area contributed by atoms with E-state index in [2.05, 4.69) is 10.6 Å². The van der Waals surface area contributed by atoms with E-state index in [1.165, 1.54) is 0 Å². The van der Waals surface area contributed by atoms with Gasteiger partial charge in [-0.3, -0.25) is 0 Å². The number of carbonyl (C=O) groups is 2. The van der Waals surface area contributed by atoms with E-state index < -0.39 is 36.5 Å². The number of alkyl carbamates (subject to hydrolysis) is 2. The molecular weight excluding hydrogens is 396 g/mol. The topological polar surface area (TPSA) is 96.9 Å². The Kier molecular flexibility index (Phi) is 9.09. The number of hydrogen-bond acceptors (Lipinski definition) is 5. The van der Waals surface area contributed by atoms with Gasteiger partial charge < -0.3 is 25.2 Å². The number of ether oxygens (including phenoxy) is 2. The fourth-order valence-electron chi connectivity index (χ4n) is 2.67. The highest BCUT2D eigenvalue weighted by Crippen LogP contribution is 2.10. The first-order chi connectivity index (χ1) is 14.8. The molecule has 0 aliphatic rings. The lowest BCUT2D eigenvalue weighted by Crippen LogP contribution is -2.53. The molecule has 0 bridgehead atoms. The van der Waals surface area contributed by atoms with Crippen molar-refractivity contribution in [2.24, 2.45) is 0 Å². The van der Waals surface area contributed by atoms with Crippen molar-refractivity contribution in [1.82, 2.24) is 10.6 Å². The Morgan fingerprint density at radius 2 is 1.58 bits per heavy atom. The van der Waals surface area contributed by atoms with Crippen LogP contribution in [0.5, 0.6) is 0 Å². The number of hydrogen-bond donors (Lipinski definition) is 3. The highest BCUT2D eigenvalue weighted by molar-refractivity contribution is 5.70. The van der Waals surface area contributed by atoms with Gasteiger partial charge in [0.2, 0.25) is 0 Å². The van der Waals surface area contributed by atoms with E-state index in [4.69, 9.17) is 9.47 Å². The van der Waals surface area contributed by atoms with Crippen LogP contribution in [0.2, 0.25) is 0 Å². The summed E-state index contributed by atoms with van der Waals surface area (Å²) >= 11 is 0. The number of carbonyl (C=O) groups excluding carboxylic acids is 2. The van der Waals surface area contributed by atoms with Crippen LogP contribution in [0.1, 0.15) is 31.9 Å². The lowest BCUT2D eigenvalue weighted by molar-refractivity contribution is 0.0494. The van der Waals surface area contributed by atoms with E-state index in [1.807, 2.05) is 60.7 Å². The van der Waals surface area contributed by atoms with Crippen molar-refractivity contribution in [3.8, 4) is 0 Å². The average Bonchev–Trinajstić information content (AvgIpc) is 2.74. The van der Waals surface area contributed by atoms with Crippen molar-refractivity contribution in [3.63, 3.8) is 0 Å². The van der Waals surface area contributed by atoms with Crippen LogP contribution in [-0.2, 0) is 16.1 Å². The van der Waals surface area contributed by atoms with Crippen LogP contribution in [-0.4, -0.2) is 41.6 Å². The first-order valence-corrected chi connectivity index (χ1v) is 10.1. The lowest BCUT2D eigenvalue weighted by atomic mass is 10.1. The van der Waals surface area contributed by atoms with Crippen molar-refractivity contribution in [2.45, 2.75) is 45.1 Å². The van der Waals surface area contributed by atoms with Gasteiger partial charge in [0, 0.05) is 0 Å². The molecule has 7 heteroatoms. The minimum Gasteiger partial charge on any atom is -0.445 e. The molecule has 2 aromatic carbocycles. The molecule has 7 nitrogen and oxygen atoms in total. The zero-order valence-corrected chi connectivity index (χ0v) is 18.1. The van der Waals surface area contributed by atoms with Gasteiger partial charge in [0.15, 0.2) is 0 Å². The normalized spacial score (nSPS) is 13.3. The van der Waals surface area contributed by atoms with E-state index in [0.717, 1.165) is 11.1 Å². The Balaban J connectivity index is 2.07. The van der Waals surface area contributed by atoms with Crippen LogP contribution in [0.4, 0.5) is 9.59 Å². The summed E-state index contributed by atoms with van der Waals surface area (Å²) in [5.74, 6) is 0. The molecule has 2 aromatic rings. The van der Waals surface area contributed by atoms with E-state index in [1.54, 1.807) is 32.9 Å². The Morgan fingerprint density at radius 3 is 2.16 bits per heavy atom. The second kappa shape index (κ2) is 11.8. The third kappa shape index (κ3) is 9.35. The molecular formula is C24H30N2O5. The largest absolute Gasteiger partial charge is 0.445 e. The maximum absolute atomic E-state index is 12.3. The summed E-state index contributed by atoms with van der Waals surface area (Å²) in [6.07, 6.45) is 2.12. The lowest BCUT2D eigenvalue weighted by Gasteiger charge is -2.27. The Bertz CT molecular complexity index is 847. The summed E-state index contributed by atoms with van der Waals surface area (Å²) < 4.78 is 10.5. The van der Waals surface area contributed by atoms with Crippen LogP contribution in [0.3, 0.4) is 0 Å². The molecule has 0 unspecified atom stereocenters. The number of nitrogens with one attached hydrogen (secondary N) is 2. The highest BCUT2D eigenvalue weighted by Gasteiger charge is 2.25. The second-order valence-electron chi connectivity index (χ2n) is 7.94. The average molecular weight is 427 g/mol. The number of rotatable bonds is 8. The second-order valence-corrected chi connectivity index (χ2v) is 7.94. The van der Waals surface area contributed by atoms with Gasteiger partial charge in [-0.15, -0.1) is 0 Å². The smallest absolute Gasteiger partial charge is 0.408 e. The van der Waals surface area contributed by atoms with Gasteiger partial charge >= 0.3 is 12.2 Å². The third-order valence-electron chi connectivity index (χ3n) is 4.13. The molecule has 0 heterocycles. The molecule has 2 atom stereocenters. The van der Waals surface area contributed by atoms with E-state index in [-0.39, 0.29) is 6.61 Å². The van der Waals surface area contributed by atoms with E-state index >= 15 is 0 Å². The fraction of sp³-hybridized carbons (Fsp3) is 0.333. The molecule has 3 N–H and O–H groups in total. The van der Waals surface area contributed by atoms with Gasteiger partial charge in [-0.05, 0) is 31.9 Å². The van der Waals surface area contributed by atoms with E-state index in [9.17, 15) is 14.7 Å². The number of amides is 2. The molecule has 0 fully saturated rings. The molecule has 0 saturated heterocycles. The van der Waals surface area contributed by atoms with Crippen LogP contribution >= 0.6 is 0 Å². The Labute approximate surface area is 183 Å². The standard InChI is InChI=1S/C24H30N2O5/c1-24(2,3)31-23(29)25-20(15-14-18-10-6-4-7-11-18)21(16-27)26-22(28)30-17-19-12-8-5-9-13-19/h4-15,20-21,27H,16-17H2,1-3H3,(H,25,29)(H,26,28)/b15-14+/t20-,21+/m1/s1. The predicted molar refractivity (Wildman–Crippen MR) is 119 cm³/mol. The molecule has 31 heavy (non-hydrogen) atoms. The van der Waals surface area contributed by atoms with Crippen LogP contribution < -0.4 is 10.6 Å². The van der Waals surface area contributed by atoms with Crippen molar-refractivity contribution in [1.29, 1.82) is 0 Å². The molecule has 0 aliphatic carbocycles. The first-order valence-electron chi connectivity index (χ1n) is 10.1. The fourth-order valence-corrected chi connectivity index (χ4v) is 2.67. The maximum Gasteiger partial charge on any atom is 0.408 e. The van der Waals surface area contributed by atoms with Gasteiger partial charge in [0.1, 0.15) is 12.2 Å². The van der Waals surface area contributed by atoms with Crippen molar-refractivity contribution in [2.75, 3.05) is 6.61 Å². The number of aliphatic hydroxyl groups is 1. The van der Waals surface area contributed by atoms with Gasteiger partial charge in [0.25, 0.3) is 0 Å². The summed E-state index contributed by atoms with van der Waals surface area (Å²) in [4.78, 5) is 24.6. The van der Waals surface area contributed by atoms with Crippen molar-refractivity contribution >= 4 is 18.3 Å². The summed E-state index contributed by atoms with van der Waals surface area (Å²) in [6, 6.07) is 17.2. The molecule has 2 rings (SSSR count). The monoisotopic (exact) mass is 426 g/mol. The first kappa shape index (κ1) is 24.0. The maximum atomic E-state index is 12.3. The number of benzene rings is 2. The van der Waals surface area contributed by atoms with Crippen LogP contribution in [0, 0.1) is 0 Å². The SMILES string of the molecule is CC(C)(C)OC(=O)N[C@H](/C=C/c1ccccc1)[C@H](CO)NC(=O)OCc1ccccc1. The molecule has 0 saturated carbocycles. The van der Waals surface area contributed by atoms with Gasteiger partial charge in [0.05, 0.1) is 18.7 Å². The van der Waals surface area contributed by atoms with Gasteiger partial charge in [-0.25, -0.2) is 9.59 Å². The predicted octanol–water partition coefficient (Wildman–Crippen LogP) is 3.88. The Morgan fingerprint density at radius 1 is 0.968 bits per heavy atom. The number of aliphatic hydroxyl groups excluding tert-OH is 1. The van der Waals surface area contributed by atoms with E-state index in [0.29, 0.717) is 0 Å². The quantitative estimate of drug-likeness (QED) is 0.595. The molecule has 0 spiro atoms. The third-order valence-corrected chi connectivity index (χ3v) is 4.13. The van der Waals surface area contributed by atoms with Crippen molar-refractivity contribution in [3.05, 3.63) is 77.9 Å². The zero-order valence-electron chi connectivity index (χ0n) is 18.1. The summed E-state index contributed by atoms with van der Waals surface area (Å²) in [7, 11) is 0. The molecule has 0 aromatic heterocycles. The van der Waals surface area contributed by atoms with Crippen LogP contribution in [0.25, 0.3) is 6.08 Å². The van der Waals surface area contributed by atoms with Crippen molar-refractivity contribution < 1.29 is 24.2 Å². The highest BCUT2D eigenvalue weighted by atomic mass is 16.6. The summed E-state index contributed by atoms with van der Waals surface area (Å²) in [6.45, 7) is 4.94. The minimum atomic E-state index is -0.823. The zero-order chi connectivity index (χ0) is 22.7. The molecule has 166 valence electrons. The molecule has 2 amide bonds. The minimum absolute atomic E-state index is 0.0921. The molecule has 0 aliphatic heterocycles. The Hall–Kier alpha value is -3.32. The van der Waals surface area contributed by atoms with Gasteiger partial charge in [-0.2, -0.15) is 0 Å². The van der Waals surface area contributed by atoms with Gasteiger partial charge in [-0.1, -0.05) is 72.8 Å². The molecule has 0 radical (unpaired) electrons.